The number of carbonyl (C=O) groups excluding carboxylic acids is 1. The normalized spacial score (nSPS) is 17.1. The molecule has 1 fully saturated rings. The highest BCUT2D eigenvalue weighted by Gasteiger charge is 2.21. The fourth-order valence-corrected chi connectivity index (χ4v) is 3.83. The zero-order valence-electron chi connectivity index (χ0n) is 13.2. The molecule has 0 heterocycles. The van der Waals surface area contributed by atoms with Crippen molar-refractivity contribution >= 4 is 22.4 Å². The summed E-state index contributed by atoms with van der Waals surface area (Å²) >= 11 is 0. The van der Waals surface area contributed by atoms with Gasteiger partial charge in [0, 0.05) is 41.0 Å². The first-order valence-electron chi connectivity index (χ1n) is 7.93. The molecule has 1 amide bonds. The minimum absolute atomic E-state index is 0.123. The smallest absolute Gasteiger partial charge is 0.227 e. The first kappa shape index (κ1) is 17.2. The summed E-state index contributed by atoms with van der Waals surface area (Å²) in [5.41, 5.74) is 1.78. The maximum atomic E-state index is 12.3. The van der Waals surface area contributed by atoms with Crippen LogP contribution in [-0.4, -0.2) is 29.6 Å². The second kappa shape index (κ2) is 9.06. The summed E-state index contributed by atoms with van der Waals surface area (Å²) in [4.78, 5) is 12.3. The van der Waals surface area contributed by atoms with E-state index in [1.165, 1.54) is 6.42 Å². The van der Waals surface area contributed by atoms with Crippen molar-refractivity contribution in [3.8, 4) is 0 Å². The fraction of sp³-hybridized carbons (Fsp3) is 0.588. The summed E-state index contributed by atoms with van der Waals surface area (Å²) in [7, 11) is 0.676. The van der Waals surface area contributed by atoms with E-state index in [-0.39, 0.29) is 11.8 Å². The van der Waals surface area contributed by atoms with Crippen molar-refractivity contribution in [3.05, 3.63) is 29.8 Å². The van der Waals surface area contributed by atoms with Crippen LogP contribution >= 0.6 is 0 Å². The molecule has 0 aliphatic heterocycles. The standard InChI is InChI=1S/C17H25NO3S/c1-21-10-11-22(20)13-14-6-5-9-16(12-14)18-17(19)15-7-3-2-4-8-15/h5-6,9,12,15H,2-4,7-8,10-11,13H2,1H3,(H,18,19)/t22-/m0/s1. The van der Waals surface area contributed by atoms with Crippen LogP contribution in [-0.2, 0) is 26.1 Å². The lowest BCUT2D eigenvalue weighted by Gasteiger charge is -2.20. The minimum Gasteiger partial charge on any atom is -0.384 e. The molecular weight excluding hydrogens is 298 g/mol. The van der Waals surface area contributed by atoms with Crippen molar-refractivity contribution < 1.29 is 13.7 Å². The summed E-state index contributed by atoms with van der Waals surface area (Å²) in [6, 6.07) is 7.66. The van der Waals surface area contributed by atoms with Crippen LogP contribution < -0.4 is 5.32 Å². The molecule has 1 aromatic rings. The number of ether oxygens (including phenoxy) is 1. The van der Waals surface area contributed by atoms with Crippen molar-refractivity contribution in [2.75, 3.05) is 24.8 Å². The van der Waals surface area contributed by atoms with Crippen molar-refractivity contribution in [1.82, 2.24) is 0 Å². The number of nitrogens with one attached hydrogen (secondary N) is 1. The van der Waals surface area contributed by atoms with Gasteiger partial charge in [0.05, 0.1) is 6.61 Å². The molecule has 0 spiro atoms. The van der Waals surface area contributed by atoms with Gasteiger partial charge in [0.15, 0.2) is 0 Å². The molecule has 1 atom stereocenters. The van der Waals surface area contributed by atoms with E-state index in [0.717, 1.165) is 36.9 Å². The van der Waals surface area contributed by atoms with Crippen molar-refractivity contribution in [2.24, 2.45) is 5.92 Å². The Balaban J connectivity index is 1.90. The molecule has 0 unspecified atom stereocenters. The molecule has 122 valence electrons. The van der Waals surface area contributed by atoms with Crippen LogP contribution in [0.5, 0.6) is 0 Å². The monoisotopic (exact) mass is 323 g/mol. The maximum Gasteiger partial charge on any atom is 0.227 e. The van der Waals surface area contributed by atoms with Gasteiger partial charge in [0.1, 0.15) is 0 Å². The van der Waals surface area contributed by atoms with Gasteiger partial charge in [-0.15, -0.1) is 0 Å². The number of rotatable bonds is 7. The van der Waals surface area contributed by atoms with E-state index in [0.29, 0.717) is 18.1 Å². The van der Waals surface area contributed by atoms with E-state index in [1.54, 1.807) is 7.11 Å². The van der Waals surface area contributed by atoms with Crippen LogP contribution in [0.25, 0.3) is 0 Å². The lowest BCUT2D eigenvalue weighted by atomic mass is 9.88. The quantitative estimate of drug-likeness (QED) is 0.839. The van der Waals surface area contributed by atoms with Crippen LogP contribution in [0.15, 0.2) is 24.3 Å². The van der Waals surface area contributed by atoms with Gasteiger partial charge in [-0.3, -0.25) is 9.00 Å². The predicted octanol–water partition coefficient (Wildman–Crippen LogP) is 3.10. The second-order valence-electron chi connectivity index (χ2n) is 5.81. The number of hydrogen-bond acceptors (Lipinski definition) is 3. The molecule has 1 aliphatic rings. The van der Waals surface area contributed by atoms with E-state index in [9.17, 15) is 9.00 Å². The number of carbonyl (C=O) groups is 1. The Labute approximate surface area is 135 Å². The predicted molar refractivity (Wildman–Crippen MR) is 90.2 cm³/mol. The summed E-state index contributed by atoms with van der Waals surface area (Å²) in [5, 5.41) is 3.01. The molecule has 1 saturated carbocycles. The number of hydrogen-bond donors (Lipinski definition) is 1. The third-order valence-corrected chi connectivity index (χ3v) is 5.29. The summed E-state index contributed by atoms with van der Waals surface area (Å²) in [6.07, 6.45) is 5.53. The summed E-state index contributed by atoms with van der Waals surface area (Å²) in [5.74, 6) is 1.30. The highest BCUT2D eigenvalue weighted by Crippen LogP contribution is 2.25. The molecular formula is C17H25NO3S. The fourth-order valence-electron chi connectivity index (χ4n) is 2.78. The van der Waals surface area contributed by atoms with E-state index >= 15 is 0 Å². The Morgan fingerprint density at radius 2 is 2.09 bits per heavy atom. The zero-order chi connectivity index (χ0) is 15.8. The Bertz CT molecular complexity index is 512. The highest BCUT2D eigenvalue weighted by atomic mass is 32.2. The number of anilines is 1. The average molecular weight is 323 g/mol. The molecule has 22 heavy (non-hydrogen) atoms. The molecule has 0 saturated heterocycles. The molecule has 0 bridgehead atoms. The molecule has 1 aromatic carbocycles. The number of benzene rings is 1. The van der Waals surface area contributed by atoms with Crippen LogP contribution in [0.2, 0.25) is 0 Å². The molecule has 1 aliphatic carbocycles. The third kappa shape index (κ3) is 5.54. The van der Waals surface area contributed by atoms with Gasteiger partial charge in [0.2, 0.25) is 5.91 Å². The van der Waals surface area contributed by atoms with Crippen molar-refractivity contribution in [1.29, 1.82) is 0 Å². The molecule has 4 nitrogen and oxygen atoms in total. The van der Waals surface area contributed by atoms with Gasteiger partial charge in [-0.25, -0.2) is 0 Å². The van der Waals surface area contributed by atoms with E-state index in [2.05, 4.69) is 5.32 Å². The van der Waals surface area contributed by atoms with Gasteiger partial charge >= 0.3 is 0 Å². The lowest BCUT2D eigenvalue weighted by molar-refractivity contribution is -0.120. The van der Waals surface area contributed by atoms with Crippen LogP contribution in [0, 0.1) is 5.92 Å². The minimum atomic E-state index is -0.934. The first-order chi connectivity index (χ1) is 10.7. The van der Waals surface area contributed by atoms with Gasteiger partial charge in [-0.1, -0.05) is 31.4 Å². The van der Waals surface area contributed by atoms with Crippen LogP contribution in [0.3, 0.4) is 0 Å². The van der Waals surface area contributed by atoms with Crippen molar-refractivity contribution in [3.63, 3.8) is 0 Å². The highest BCUT2D eigenvalue weighted by molar-refractivity contribution is 7.84. The molecule has 2 rings (SSSR count). The molecule has 1 N–H and O–H groups in total. The van der Waals surface area contributed by atoms with Crippen LogP contribution in [0.1, 0.15) is 37.7 Å². The topological polar surface area (TPSA) is 55.4 Å². The van der Waals surface area contributed by atoms with Crippen molar-refractivity contribution in [2.45, 2.75) is 37.9 Å². The summed E-state index contributed by atoms with van der Waals surface area (Å²) < 4.78 is 16.8. The zero-order valence-corrected chi connectivity index (χ0v) is 14.0. The molecule has 0 radical (unpaired) electrons. The Hall–Kier alpha value is -1.20. The van der Waals surface area contributed by atoms with E-state index in [4.69, 9.17) is 4.74 Å². The largest absolute Gasteiger partial charge is 0.384 e. The average Bonchev–Trinajstić information content (AvgIpc) is 2.54. The van der Waals surface area contributed by atoms with Gasteiger partial charge in [-0.2, -0.15) is 0 Å². The van der Waals surface area contributed by atoms with Gasteiger partial charge in [0.25, 0.3) is 0 Å². The van der Waals surface area contributed by atoms with E-state index in [1.807, 2.05) is 24.3 Å². The number of methoxy groups -OCH3 is 1. The van der Waals surface area contributed by atoms with Crippen LogP contribution in [0.4, 0.5) is 5.69 Å². The number of amides is 1. The Morgan fingerprint density at radius 1 is 1.32 bits per heavy atom. The van der Waals surface area contributed by atoms with Gasteiger partial charge in [-0.05, 0) is 30.5 Å². The molecule has 0 aromatic heterocycles. The maximum absolute atomic E-state index is 12.3. The lowest BCUT2D eigenvalue weighted by Crippen LogP contribution is -2.24. The first-order valence-corrected chi connectivity index (χ1v) is 9.41. The van der Waals surface area contributed by atoms with E-state index < -0.39 is 10.8 Å². The van der Waals surface area contributed by atoms with Gasteiger partial charge < -0.3 is 10.1 Å². The third-order valence-electron chi connectivity index (χ3n) is 4.01. The summed E-state index contributed by atoms with van der Waals surface area (Å²) in [6.45, 7) is 0.505. The second-order valence-corrected chi connectivity index (χ2v) is 7.38. The Morgan fingerprint density at radius 3 is 2.82 bits per heavy atom. The molecule has 5 heteroatoms. The Kier molecular flexibility index (Phi) is 7.06. The SMILES string of the molecule is COCC[S@](=O)Cc1cccc(NC(=O)C2CCCCC2)c1.